The van der Waals surface area contributed by atoms with Gasteiger partial charge in [-0.25, -0.2) is 20.0 Å². The molecule has 2 amide bonds. The number of carbonyl (C=O) groups excluding carboxylic acids is 2. The van der Waals surface area contributed by atoms with Crippen LogP contribution in [0.3, 0.4) is 0 Å². The lowest BCUT2D eigenvalue weighted by Crippen LogP contribution is -2.40. The van der Waals surface area contributed by atoms with Crippen molar-refractivity contribution in [1.29, 1.82) is 0 Å². The predicted molar refractivity (Wildman–Crippen MR) is 237 cm³/mol. The van der Waals surface area contributed by atoms with E-state index in [4.69, 9.17) is 20.0 Å². The summed E-state index contributed by atoms with van der Waals surface area (Å²) in [7, 11) is 0. The van der Waals surface area contributed by atoms with Gasteiger partial charge in [0.05, 0.1) is 31.6 Å². The zero-order chi connectivity index (χ0) is 39.9. The van der Waals surface area contributed by atoms with Gasteiger partial charge in [-0.2, -0.15) is 0 Å². The van der Waals surface area contributed by atoms with E-state index < -0.39 is 10.8 Å². The monoisotopic (exact) mass is 789 g/mol. The Labute approximate surface area is 339 Å². The van der Waals surface area contributed by atoms with Gasteiger partial charge in [-0.15, -0.1) is 22.7 Å². The Morgan fingerprint density at radius 3 is 1.72 bits per heavy atom. The first kappa shape index (κ1) is 37.9. The van der Waals surface area contributed by atoms with E-state index in [1.807, 2.05) is 151 Å². The number of hydrogen-bond acceptors (Lipinski definition) is 7. The van der Waals surface area contributed by atoms with E-state index in [-0.39, 0.29) is 11.8 Å². The third-order valence-electron chi connectivity index (χ3n) is 10.7. The fourth-order valence-electron chi connectivity index (χ4n) is 6.41. The van der Waals surface area contributed by atoms with Crippen LogP contribution in [0.4, 0.5) is 11.6 Å². The van der Waals surface area contributed by atoms with Crippen molar-refractivity contribution in [1.82, 2.24) is 20.3 Å². The number of benzene rings is 4. The number of carbonyl (C=O) groups is 2. The summed E-state index contributed by atoms with van der Waals surface area (Å²) >= 11 is 3.10. The number of nitrogens with one attached hydrogen (secondary N) is 3. The Morgan fingerprint density at radius 2 is 1.14 bits per heavy atom. The number of anilines is 1. The Bertz CT molecular complexity index is 2690. The molecule has 0 radical (unpaired) electrons. The number of aliphatic imine (C=N–C) groups is 2. The van der Waals surface area contributed by atoms with Crippen LogP contribution >= 0.6 is 22.7 Å². The van der Waals surface area contributed by atoms with Crippen molar-refractivity contribution in [2.75, 3.05) is 5.32 Å². The van der Waals surface area contributed by atoms with Crippen LogP contribution < -0.4 is 10.6 Å². The topological polar surface area (TPSA) is 124 Å². The Kier molecular flexibility index (Phi) is 10.1. The number of aromatic nitrogens is 3. The quantitative estimate of drug-likeness (QED) is 0.128. The Hall–Kier alpha value is -6.04. The molecule has 0 saturated heterocycles. The predicted octanol–water partition coefficient (Wildman–Crippen LogP) is 11.5. The van der Waals surface area contributed by atoms with Gasteiger partial charge in [0, 0.05) is 22.0 Å². The van der Waals surface area contributed by atoms with Gasteiger partial charge in [-0.3, -0.25) is 9.59 Å². The van der Waals surface area contributed by atoms with Gasteiger partial charge in [-0.1, -0.05) is 126 Å². The van der Waals surface area contributed by atoms with Gasteiger partial charge in [0.1, 0.15) is 27.5 Å². The number of amidine groups is 2. The molecule has 57 heavy (non-hydrogen) atoms. The summed E-state index contributed by atoms with van der Waals surface area (Å²) in [6.07, 6.45) is 1.29. The van der Waals surface area contributed by atoms with Gasteiger partial charge < -0.3 is 15.6 Å². The minimum absolute atomic E-state index is 0.127. The third-order valence-corrected chi connectivity index (χ3v) is 12.8. The molecule has 7 aromatic rings. The van der Waals surface area contributed by atoms with Gasteiger partial charge in [0.25, 0.3) is 0 Å². The zero-order valence-electron chi connectivity index (χ0n) is 32.7. The van der Waals surface area contributed by atoms with E-state index >= 15 is 0 Å². The minimum atomic E-state index is -0.653. The smallest absolute Gasteiger partial charge is 0.231 e. The normalized spacial score (nSPS) is 14.1. The fourth-order valence-corrected chi connectivity index (χ4v) is 8.46. The van der Waals surface area contributed by atoms with Crippen LogP contribution in [0.15, 0.2) is 119 Å². The first-order valence-electron chi connectivity index (χ1n) is 19.1. The second-order valence-corrected chi connectivity index (χ2v) is 17.4. The molecule has 1 aliphatic rings. The van der Waals surface area contributed by atoms with E-state index in [1.54, 1.807) is 22.7 Å². The summed E-state index contributed by atoms with van der Waals surface area (Å²) < 4.78 is 2.04. The first-order chi connectivity index (χ1) is 27.5. The fraction of sp³-hybridized carbons (Fsp3) is 0.217. The van der Waals surface area contributed by atoms with Crippen LogP contribution in [0, 0.1) is 10.8 Å². The number of hydrogen-bond donors (Lipinski definition) is 3. The molecule has 0 bridgehead atoms. The van der Waals surface area contributed by atoms with Gasteiger partial charge >= 0.3 is 0 Å². The van der Waals surface area contributed by atoms with Crippen molar-refractivity contribution >= 4 is 89.4 Å². The number of aromatic amines is 1. The summed E-state index contributed by atoms with van der Waals surface area (Å²) in [6, 6.07) is 36.0. The van der Waals surface area contributed by atoms with Gasteiger partial charge in [0.2, 0.25) is 11.8 Å². The summed E-state index contributed by atoms with van der Waals surface area (Å²) in [4.78, 5) is 52.1. The zero-order valence-corrected chi connectivity index (χ0v) is 34.4. The lowest BCUT2D eigenvalue weighted by molar-refractivity contribution is -0.128. The SMILES string of the molecule is CCC(C)(C)C(=O)NC1=NC(=Nc2[nH]c(NC(=O)C(C)(C)CC)c(-c3nc4ccccc4s3)c2-c2ccccc2)C(c2ccccc2)=C1c1nc2ccccc2s1. The van der Waals surface area contributed by atoms with E-state index in [2.05, 4.69) is 15.6 Å². The summed E-state index contributed by atoms with van der Waals surface area (Å²) in [5.41, 5.74) is 5.10. The third kappa shape index (κ3) is 7.24. The average molecular weight is 790 g/mol. The van der Waals surface area contributed by atoms with Crippen molar-refractivity contribution in [3.63, 3.8) is 0 Å². The number of H-pyrrole nitrogens is 1. The van der Waals surface area contributed by atoms with Crippen molar-refractivity contribution in [2.24, 2.45) is 20.8 Å². The largest absolute Gasteiger partial charge is 0.325 e. The number of amides is 2. The molecule has 3 aromatic heterocycles. The number of fused-ring (bicyclic) bond motifs is 2. The summed E-state index contributed by atoms with van der Waals surface area (Å²) in [5.74, 6) is 1.48. The highest BCUT2D eigenvalue weighted by molar-refractivity contribution is 7.21. The molecule has 0 unspecified atom stereocenters. The highest BCUT2D eigenvalue weighted by atomic mass is 32.1. The molecule has 4 aromatic carbocycles. The van der Waals surface area contributed by atoms with Crippen molar-refractivity contribution in [3.8, 4) is 21.7 Å². The molecule has 3 N–H and O–H groups in total. The Balaban J connectivity index is 1.42. The van der Waals surface area contributed by atoms with Crippen LogP contribution in [0.25, 0.3) is 53.3 Å². The molecule has 286 valence electrons. The molecule has 0 spiro atoms. The van der Waals surface area contributed by atoms with Crippen LogP contribution in [-0.4, -0.2) is 38.4 Å². The van der Waals surface area contributed by atoms with Crippen LogP contribution in [0.2, 0.25) is 0 Å². The van der Waals surface area contributed by atoms with Crippen LogP contribution in [-0.2, 0) is 9.59 Å². The van der Waals surface area contributed by atoms with Crippen molar-refractivity contribution < 1.29 is 9.59 Å². The maximum Gasteiger partial charge on any atom is 0.231 e. The number of nitrogens with zero attached hydrogens (tertiary/aromatic N) is 4. The second kappa shape index (κ2) is 15.1. The molecular formula is C46H43N7O2S2. The summed E-state index contributed by atoms with van der Waals surface area (Å²) in [6.45, 7) is 11.7. The van der Waals surface area contributed by atoms with Crippen molar-refractivity contribution in [2.45, 2.75) is 54.4 Å². The van der Waals surface area contributed by atoms with Crippen molar-refractivity contribution in [3.05, 3.63) is 120 Å². The van der Waals surface area contributed by atoms with Crippen LogP contribution in [0.5, 0.6) is 0 Å². The Morgan fingerprint density at radius 1 is 0.632 bits per heavy atom. The minimum Gasteiger partial charge on any atom is -0.325 e. The average Bonchev–Trinajstić information content (AvgIpc) is 4.01. The second-order valence-electron chi connectivity index (χ2n) is 15.3. The number of rotatable bonds is 10. The van der Waals surface area contributed by atoms with E-state index in [0.29, 0.717) is 46.7 Å². The van der Waals surface area contributed by atoms with Gasteiger partial charge in [0.15, 0.2) is 5.84 Å². The van der Waals surface area contributed by atoms with E-state index in [0.717, 1.165) is 53.3 Å². The molecule has 0 aliphatic carbocycles. The lowest BCUT2D eigenvalue weighted by Gasteiger charge is -2.21. The highest BCUT2D eigenvalue weighted by Gasteiger charge is 2.35. The molecule has 1 aliphatic heterocycles. The molecule has 0 atom stereocenters. The molecule has 11 heteroatoms. The number of thiazole rings is 2. The van der Waals surface area contributed by atoms with E-state index in [1.165, 1.54) is 0 Å². The molecule has 9 nitrogen and oxygen atoms in total. The molecule has 8 rings (SSSR count). The molecular weight excluding hydrogens is 747 g/mol. The highest BCUT2D eigenvalue weighted by Crippen LogP contribution is 2.48. The molecule has 4 heterocycles. The maximum atomic E-state index is 13.9. The van der Waals surface area contributed by atoms with Gasteiger partial charge in [-0.05, 0) is 48.2 Å². The number of para-hydroxylation sites is 2. The standard InChI is InChI=1S/C46H43N7O2S2/c1-7-45(3,4)43(54)52-39-35(41-47-29-23-15-17-25-31(29)56-41)33(27-19-11-9-12-20-27)37(50-39)49-38-34(28-21-13-10-14-22-28)36(40(51-38)53-44(55)46(5,6)8-2)42-48-30-24-16-18-26-32(30)57-42/h9-26,50H,7-8H2,1-6H3,(H,52,54)(H,49,51,53,55). The maximum absolute atomic E-state index is 13.9. The first-order valence-corrected chi connectivity index (χ1v) is 20.7. The molecule has 0 fully saturated rings. The summed E-state index contributed by atoms with van der Waals surface area (Å²) in [5, 5.41) is 7.89. The molecule has 0 saturated carbocycles. The van der Waals surface area contributed by atoms with E-state index in [9.17, 15) is 9.59 Å². The van der Waals surface area contributed by atoms with Crippen LogP contribution in [0.1, 0.15) is 65.0 Å². The lowest BCUT2D eigenvalue weighted by atomic mass is 9.89.